The van der Waals surface area contributed by atoms with Crippen LogP contribution < -0.4 is 4.90 Å². The van der Waals surface area contributed by atoms with Crippen molar-refractivity contribution in [2.24, 2.45) is 0 Å². The molecule has 0 aliphatic carbocycles. The Hall–Kier alpha value is -1.30. The number of halogens is 2. The fourth-order valence-electron chi connectivity index (χ4n) is 2.64. The molecule has 3 rings (SSSR count). The van der Waals surface area contributed by atoms with E-state index in [1.54, 1.807) is 0 Å². The number of rotatable bonds is 4. The van der Waals surface area contributed by atoms with Crippen molar-refractivity contribution in [2.75, 3.05) is 31.1 Å². The second-order valence-electron chi connectivity index (χ2n) is 6.04. The number of anilines is 1. The van der Waals surface area contributed by atoms with Crippen molar-refractivity contribution in [3.05, 3.63) is 40.0 Å². The molecular formula is C16H20Cl2N4O. The van der Waals surface area contributed by atoms with Crippen molar-refractivity contribution in [2.45, 2.75) is 26.3 Å². The molecule has 5 nitrogen and oxygen atoms in total. The lowest BCUT2D eigenvalue weighted by molar-refractivity contribution is 0.215. The second-order valence-corrected chi connectivity index (χ2v) is 6.82. The van der Waals surface area contributed by atoms with E-state index in [1.807, 2.05) is 18.2 Å². The summed E-state index contributed by atoms with van der Waals surface area (Å²) < 4.78 is 5.32. The summed E-state index contributed by atoms with van der Waals surface area (Å²) in [5, 5.41) is 5.23. The maximum atomic E-state index is 6.30. The molecule has 23 heavy (non-hydrogen) atoms. The highest BCUT2D eigenvalue weighted by Crippen LogP contribution is 2.32. The van der Waals surface area contributed by atoms with Gasteiger partial charge in [-0.15, -0.1) is 0 Å². The maximum Gasteiger partial charge on any atom is 0.240 e. The summed E-state index contributed by atoms with van der Waals surface area (Å²) in [6.07, 6.45) is 0. The Balaban J connectivity index is 1.58. The molecule has 2 heterocycles. The normalized spacial score (nSPS) is 16.3. The van der Waals surface area contributed by atoms with E-state index in [4.69, 9.17) is 27.7 Å². The minimum Gasteiger partial charge on any atom is -0.368 e. The van der Waals surface area contributed by atoms with E-state index in [1.165, 1.54) is 0 Å². The van der Waals surface area contributed by atoms with Gasteiger partial charge < -0.3 is 9.42 Å². The summed E-state index contributed by atoms with van der Waals surface area (Å²) >= 11 is 12.4. The number of nitrogens with zero attached hydrogens (tertiary/aromatic N) is 4. The van der Waals surface area contributed by atoms with Gasteiger partial charge in [0.1, 0.15) is 0 Å². The molecule has 0 amide bonds. The largest absolute Gasteiger partial charge is 0.368 e. The Kier molecular flexibility index (Phi) is 5.09. The van der Waals surface area contributed by atoms with Crippen LogP contribution in [0.3, 0.4) is 0 Å². The van der Waals surface area contributed by atoms with E-state index < -0.39 is 0 Å². The molecule has 124 valence electrons. The van der Waals surface area contributed by atoms with Crippen molar-refractivity contribution in [1.29, 1.82) is 0 Å². The van der Waals surface area contributed by atoms with Crippen LogP contribution in [0.2, 0.25) is 10.0 Å². The van der Waals surface area contributed by atoms with E-state index in [-0.39, 0.29) is 5.92 Å². The highest BCUT2D eigenvalue weighted by atomic mass is 35.5. The Morgan fingerprint density at radius 1 is 1.17 bits per heavy atom. The third kappa shape index (κ3) is 3.79. The van der Waals surface area contributed by atoms with Crippen molar-refractivity contribution in [1.82, 2.24) is 15.0 Å². The summed E-state index contributed by atoms with van der Waals surface area (Å²) in [6, 6.07) is 5.75. The van der Waals surface area contributed by atoms with Gasteiger partial charge in [0.05, 0.1) is 22.3 Å². The van der Waals surface area contributed by atoms with Gasteiger partial charge in [-0.05, 0) is 12.1 Å². The molecule has 1 fully saturated rings. The molecule has 0 bridgehead atoms. The quantitative estimate of drug-likeness (QED) is 0.834. The Morgan fingerprint density at radius 2 is 1.91 bits per heavy atom. The summed E-state index contributed by atoms with van der Waals surface area (Å²) in [5.41, 5.74) is 0.999. The average Bonchev–Trinajstić information content (AvgIpc) is 3.00. The van der Waals surface area contributed by atoms with Crippen LogP contribution in [0.5, 0.6) is 0 Å². The van der Waals surface area contributed by atoms with E-state index >= 15 is 0 Å². The van der Waals surface area contributed by atoms with Gasteiger partial charge in [-0.1, -0.05) is 48.3 Å². The summed E-state index contributed by atoms with van der Waals surface area (Å²) in [7, 11) is 0. The molecule has 1 aromatic carbocycles. The predicted octanol–water partition coefficient (Wildman–Crippen LogP) is 3.82. The lowest BCUT2D eigenvalue weighted by Crippen LogP contribution is -2.46. The Morgan fingerprint density at radius 3 is 2.57 bits per heavy atom. The first-order valence-corrected chi connectivity index (χ1v) is 8.54. The molecular weight excluding hydrogens is 335 g/mol. The first kappa shape index (κ1) is 16.6. The fourth-order valence-corrected chi connectivity index (χ4v) is 3.06. The highest BCUT2D eigenvalue weighted by molar-refractivity contribution is 6.43. The average molecular weight is 355 g/mol. The third-order valence-corrected chi connectivity index (χ3v) is 4.81. The Bertz CT molecular complexity index is 666. The van der Waals surface area contributed by atoms with Crippen LogP contribution in [-0.2, 0) is 6.54 Å². The number of hydrogen-bond donors (Lipinski definition) is 0. The summed E-state index contributed by atoms with van der Waals surface area (Å²) in [6.45, 7) is 8.43. The third-order valence-electron chi connectivity index (χ3n) is 4.00. The molecule has 1 saturated heterocycles. The predicted molar refractivity (Wildman–Crippen MR) is 92.3 cm³/mol. The van der Waals surface area contributed by atoms with Crippen LogP contribution in [0.1, 0.15) is 31.5 Å². The number of aromatic nitrogens is 2. The van der Waals surface area contributed by atoms with E-state index in [2.05, 4.69) is 33.8 Å². The van der Waals surface area contributed by atoms with E-state index in [0.29, 0.717) is 22.5 Å². The summed E-state index contributed by atoms with van der Waals surface area (Å²) in [4.78, 5) is 9.01. The molecule has 2 aromatic rings. The topological polar surface area (TPSA) is 45.4 Å². The fraction of sp³-hybridized carbons (Fsp3) is 0.500. The first-order chi connectivity index (χ1) is 11.0. The zero-order chi connectivity index (χ0) is 16.4. The van der Waals surface area contributed by atoms with Crippen molar-refractivity contribution >= 4 is 28.9 Å². The van der Waals surface area contributed by atoms with Crippen molar-refractivity contribution < 1.29 is 4.52 Å². The van der Waals surface area contributed by atoms with Gasteiger partial charge in [0.15, 0.2) is 5.82 Å². The molecule has 7 heteroatoms. The van der Waals surface area contributed by atoms with Gasteiger partial charge in [-0.25, -0.2) is 0 Å². The van der Waals surface area contributed by atoms with Crippen LogP contribution >= 0.6 is 23.2 Å². The molecule has 1 aliphatic rings. The van der Waals surface area contributed by atoms with Crippen LogP contribution in [0.25, 0.3) is 0 Å². The number of piperazine rings is 1. The molecule has 0 unspecified atom stereocenters. The van der Waals surface area contributed by atoms with Crippen molar-refractivity contribution in [3.8, 4) is 0 Å². The van der Waals surface area contributed by atoms with Gasteiger partial charge in [0.2, 0.25) is 5.89 Å². The Labute approximate surface area is 146 Å². The minimum absolute atomic E-state index is 0.286. The monoisotopic (exact) mass is 354 g/mol. The first-order valence-electron chi connectivity index (χ1n) is 7.78. The lowest BCUT2D eigenvalue weighted by atomic mass is 10.2. The second kappa shape index (κ2) is 7.07. The molecule has 0 atom stereocenters. The van der Waals surface area contributed by atoms with Crippen LogP contribution in [-0.4, -0.2) is 41.2 Å². The minimum atomic E-state index is 0.286. The zero-order valence-electron chi connectivity index (χ0n) is 13.3. The van der Waals surface area contributed by atoms with Crippen LogP contribution in [0, 0.1) is 0 Å². The molecule has 1 aliphatic heterocycles. The lowest BCUT2D eigenvalue weighted by Gasteiger charge is -2.35. The van der Waals surface area contributed by atoms with Gasteiger partial charge >= 0.3 is 0 Å². The SMILES string of the molecule is CC(C)c1noc(CN2CCN(c3cccc(Cl)c3Cl)CC2)n1. The van der Waals surface area contributed by atoms with E-state index in [9.17, 15) is 0 Å². The molecule has 0 saturated carbocycles. The standard InChI is InChI=1S/C16H20Cl2N4O/c1-11(2)16-19-14(23-20-16)10-21-6-8-22(9-7-21)13-5-3-4-12(17)15(13)18/h3-5,11H,6-10H2,1-2H3. The van der Waals surface area contributed by atoms with Gasteiger partial charge in [-0.3, -0.25) is 4.90 Å². The van der Waals surface area contributed by atoms with Gasteiger partial charge in [0.25, 0.3) is 0 Å². The number of benzene rings is 1. The molecule has 0 N–H and O–H groups in total. The maximum absolute atomic E-state index is 6.30. The van der Waals surface area contributed by atoms with Crippen LogP contribution in [0.4, 0.5) is 5.69 Å². The van der Waals surface area contributed by atoms with Gasteiger partial charge in [0, 0.05) is 32.1 Å². The molecule has 0 spiro atoms. The highest BCUT2D eigenvalue weighted by Gasteiger charge is 2.21. The van der Waals surface area contributed by atoms with E-state index in [0.717, 1.165) is 37.7 Å². The zero-order valence-corrected chi connectivity index (χ0v) is 14.8. The van der Waals surface area contributed by atoms with Crippen molar-refractivity contribution in [3.63, 3.8) is 0 Å². The summed E-state index contributed by atoms with van der Waals surface area (Å²) in [5.74, 6) is 1.74. The molecule has 1 aromatic heterocycles. The van der Waals surface area contributed by atoms with Crippen LogP contribution in [0.15, 0.2) is 22.7 Å². The smallest absolute Gasteiger partial charge is 0.240 e. The molecule has 0 radical (unpaired) electrons. The van der Waals surface area contributed by atoms with Gasteiger partial charge in [-0.2, -0.15) is 4.98 Å². The number of hydrogen-bond acceptors (Lipinski definition) is 5.